The molecule has 0 saturated carbocycles. The molecule has 0 aromatic heterocycles. The van der Waals surface area contributed by atoms with Crippen molar-refractivity contribution >= 4 is 33.2 Å². The van der Waals surface area contributed by atoms with E-state index >= 15 is 0 Å². The zero-order valence-corrected chi connectivity index (χ0v) is 22.0. The van der Waals surface area contributed by atoms with E-state index < -0.39 is 10.0 Å². The Kier molecular flexibility index (Phi) is 8.18. The summed E-state index contributed by atoms with van der Waals surface area (Å²) < 4.78 is 32.8. The number of rotatable bonds is 8. The summed E-state index contributed by atoms with van der Waals surface area (Å²) in [5.41, 5.74) is 3.15. The van der Waals surface area contributed by atoms with E-state index in [4.69, 9.17) is 16.3 Å². The molecule has 0 spiro atoms. The maximum Gasteiger partial charge on any atom is 0.260 e. The average molecular weight is 528 g/mol. The van der Waals surface area contributed by atoms with Crippen molar-refractivity contribution in [3.8, 4) is 5.75 Å². The Bertz CT molecular complexity index is 1290. The van der Waals surface area contributed by atoms with Crippen LogP contribution in [0.5, 0.6) is 5.75 Å². The van der Waals surface area contributed by atoms with E-state index in [1.54, 1.807) is 24.1 Å². The van der Waals surface area contributed by atoms with Crippen LogP contribution in [0, 0.1) is 6.92 Å². The Hall–Kier alpha value is -3.07. The van der Waals surface area contributed by atoms with Gasteiger partial charge in [0.1, 0.15) is 5.75 Å². The minimum Gasteiger partial charge on any atom is -0.484 e. The van der Waals surface area contributed by atoms with Crippen LogP contribution in [0.25, 0.3) is 0 Å². The van der Waals surface area contributed by atoms with Crippen LogP contribution in [-0.4, -0.2) is 63.4 Å². The lowest BCUT2D eigenvalue weighted by Gasteiger charge is -2.36. The van der Waals surface area contributed by atoms with Crippen LogP contribution in [0.3, 0.4) is 0 Å². The van der Waals surface area contributed by atoms with Gasteiger partial charge in [-0.25, -0.2) is 8.42 Å². The second kappa shape index (κ2) is 11.3. The maximum absolute atomic E-state index is 12.9. The monoisotopic (exact) mass is 527 g/mol. The molecular formula is C27H30ClN3O4S. The molecule has 1 aliphatic heterocycles. The van der Waals surface area contributed by atoms with Gasteiger partial charge in [-0.3, -0.25) is 4.79 Å². The molecule has 0 aliphatic carbocycles. The second-order valence-electron chi connectivity index (χ2n) is 8.81. The van der Waals surface area contributed by atoms with E-state index in [0.29, 0.717) is 23.9 Å². The molecule has 0 radical (unpaired) electrons. The SMILES string of the molecule is Cc1ccc(Cl)cc1N1CCN(C(=O)COc2ccc(S(=O)(=O)N(C)Cc3ccccc3)cc2)CC1. The summed E-state index contributed by atoms with van der Waals surface area (Å²) in [5.74, 6) is 0.345. The number of halogens is 1. The van der Waals surface area contributed by atoms with E-state index in [-0.39, 0.29) is 24.0 Å². The van der Waals surface area contributed by atoms with Crippen LogP contribution in [0.1, 0.15) is 11.1 Å². The average Bonchev–Trinajstić information content (AvgIpc) is 2.89. The Balaban J connectivity index is 1.28. The zero-order valence-electron chi connectivity index (χ0n) is 20.4. The number of hydrogen-bond donors (Lipinski definition) is 0. The molecule has 190 valence electrons. The van der Waals surface area contributed by atoms with Crippen molar-refractivity contribution in [2.75, 3.05) is 44.7 Å². The molecule has 1 amide bonds. The number of amides is 1. The summed E-state index contributed by atoms with van der Waals surface area (Å²) in [7, 11) is -2.09. The largest absolute Gasteiger partial charge is 0.484 e. The van der Waals surface area contributed by atoms with Gasteiger partial charge in [-0.05, 0) is 54.4 Å². The molecule has 1 aliphatic rings. The first-order chi connectivity index (χ1) is 17.2. The van der Waals surface area contributed by atoms with Gasteiger partial charge < -0.3 is 14.5 Å². The molecule has 0 unspecified atom stereocenters. The van der Waals surface area contributed by atoms with Crippen LogP contribution in [-0.2, 0) is 21.4 Å². The van der Waals surface area contributed by atoms with Crippen molar-refractivity contribution in [2.24, 2.45) is 0 Å². The molecule has 1 fully saturated rings. The van der Waals surface area contributed by atoms with Gasteiger partial charge in [-0.1, -0.05) is 48.0 Å². The van der Waals surface area contributed by atoms with Gasteiger partial charge in [0.2, 0.25) is 10.0 Å². The number of benzene rings is 3. The van der Waals surface area contributed by atoms with E-state index in [1.807, 2.05) is 48.5 Å². The topological polar surface area (TPSA) is 70.2 Å². The van der Waals surface area contributed by atoms with Crippen molar-refractivity contribution in [1.29, 1.82) is 0 Å². The Morgan fingerprint density at radius 1 is 0.972 bits per heavy atom. The normalized spacial score (nSPS) is 14.2. The van der Waals surface area contributed by atoms with Gasteiger partial charge in [0.15, 0.2) is 6.61 Å². The lowest BCUT2D eigenvalue weighted by molar-refractivity contribution is -0.133. The zero-order chi connectivity index (χ0) is 25.7. The third-order valence-electron chi connectivity index (χ3n) is 6.29. The van der Waals surface area contributed by atoms with Gasteiger partial charge in [-0.15, -0.1) is 0 Å². The standard InChI is InChI=1S/C27H30ClN3O4S/c1-21-8-9-23(28)18-26(21)30-14-16-31(17-15-30)27(32)20-35-24-10-12-25(13-11-24)36(33,34)29(2)19-22-6-4-3-5-7-22/h3-13,18H,14-17,19-20H2,1-2H3. The Morgan fingerprint density at radius 2 is 1.64 bits per heavy atom. The summed E-state index contributed by atoms with van der Waals surface area (Å²) in [6.07, 6.45) is 0. The van der Waals surface area contributed by atoms with Crippen LogP contribution in [0.4, 0.5) is 5.69 Å². The van der Waals surface area contributed by atoms with Gasteiger partial charge >= 0.3 is 0 Å². The Morgan fingerprint density at radius 3 is 2.31 bits per heavy atom. The number of sulfonamides is 1. The first kappa shape index (κ1) is 26.0. The molecule has 9 heteroatoms. The summed E-state index contributed by atoms with van der Waals surface area (Å²) in [4.78, 5) is 16.9. The lowest BCUT2D eigenvalue weighted by Crippen LogP contribution is -2.50. The maximum atomic E-state index is 12.9. The number of anilines is 1. The number of piperazine rings is 1. The highest BCUT2D eigenvalue weighted by molar-refractivity contribution is 7.89. The van der Waals surface area contributed by atoms with Gasteiger partial charge in [0.05, 0.1) is 4.90 Å². The van der Waals surface area contributed by atoms with E-state index in [9.17, 15) is 13.2 Å². The van der Waals surface area contributed by atoms with Crippen molar-refractivity contribution in [3.63, 3.8) is 0 Å². The quantitative estimate of drug-likeness (QED) is 0.439. The number of nitrogens with zero attached hydrogens (tertiary/aromatic N) is 3. The summed E-state index contributed by atoms with van der Waals surface area (Å²) in [5, 5.41) is 0.698. The molecule has 1 saturated heterocycles. The third kappa shape index (κ3) is 6.19. The highest BCUT2D eigenvalue weighted by Gasteiger charge is 2.23. The smallest absolute Gasteiger partial charge is 0.260 e. The number of hydrogen-bond acceptors (Lipinski definition) is 5. The second-order valence-corrected chi connectivity index (χ2v) is 11.3. The van der Waals surface area contributed by atoms with Crippen LogP contribution in [0.2, 0.25) is 5.02 Å². The fourth-order valence-electron chi connectivity index (χ4n) is 4.17. The minimum atomic E-state index is -3.65. The van der Waals surface area contributed by atoms with Crippen molar-refractivity contribution < 1.29 is 17.9 Å². The number of carbonyl (C=O) groups is 1. The van der Waals surface area contributed by atoms with E-state index in [2.05, 4.69) is 11.8 Å². The van der Waals surface area contributed by atoms with Crippen molar-refractivity contribution in [1.82, 2.24) is 9.21 Å². The molecule has 3 aromatic rings. The molecule has 0 N–H and O–H groups in total. The highest BCUT2D eigenvalue weighted by atomic mass is 35.5. The van der Waals surface area contributed by atoms with Crippen molar-refractivity contribution in [2.45, 2.75) is 18.4 Å². The molecule has 3 aromatic carbocycles. The minimum absolute atomic E-state index is 0.100. The van der Waals surface area contributed by atoms with E-state index in [1.165, 1.54) is 16.4 Å². The van der Waals surface area contributed by atoms with Crippen molar-refractivity contribution in [3.05, 3.63) is 88.9 Å². The summed E-state index contributed by atoms with van der Waals surface area (Å²) in [6.45, 7) is 4.86. The first-order valence-corrected chi connectivity index (χ1v) is 13.6. The third-order valence-corrected chi connectivity index (χ3v) is 8.34. The fraction of sp³-hybridized carbons (Fsp3) is 0.296. The molecule has 0 atom stereocenters. The first-order valence-electron chi connectivity index (χ1n) is 11.8. The van der Waals surface area contributed by atoms with Crippen LogP contribution >= 0.6 is 11.6 Å². The number of carbonyl (C=O) groups excluding carboxylic acids is 1. The highest BCUT2D eigenvalue weighted by Crippen LogP contribution is 2.25. The molecule has 36 heavy (non-hydrogen) atoms. The van der Waals surface area contributed by atoms with E-state index in [0.717, 1.165) is 29.9 Å². The molecule has 1 heterocycles. The summed E-state index contributed by atoms with van der Waals surface area (Å²) >= 11 is 6.15. The predicted molar refractivity (Wildman–Crippen MR) is 142 cm³/mol. The van der Waals surface area contributed by atoms with Crippen LogP contribution in [0.15, 0.2) is 77.7 Å². The van der Waals surface area contributed by atoms with Gasteiger partial charge in [0, 0.05) is 50.5 Å². The summed E-state index contributed by atoms with van der Waals surface area (Å²) in [6, 6.07) is 21.4. The molecule has 7 nitrogen and oxygen atoms in total. The molecule has 4 rings (SSSR count). The van der Waals surface area contributed by atoms with Gasteiger partial charge in [-0.2, -0.15) is 4.31 Å². The lowest BCUT2D eigenvalue weighted by atomic mass is 10.1. The molecule has 0 bridgehead atoms. The van der Waals surface area contributed by atoms with Crippen LogP contribution < -0.4 is 9.64 Å². The number of aryl methyl sites for hydroxylation is 1. The molecular weight excluding hydrogens is 498 g/mol. The fourth-order valence-corrected chi connectivity index (χ4v) is 5.49. The Labute approximate surface area is 217 Å². The predicted octanol–water partition coefficient (Wildman–Crippen LogP) is 4.20. The van der Waals surface area contributed by atoms with Gasteiger partial charge in [0.25, 0.3) is 5.91 Å². The number of ether oxygens (including phenoxy) is 1.